The van der Waals surface area contributed by atoms with Gasteiger partial charge in [0.1, 0.15) is 0 Å². The number of anilines is 3. The molecule has 11 aromatic carbocycles. The molecule has 0 atom stereocenters. The zero-order chi connectivity index (χ0) is 42.4. The van der Waals surface area contributed by atoms with E-state index in [1.165, 1.54) is 116 Å². The quantitative estimate of drug-likeness (QED) is 0.172. The second kappa shape index (κ2) is 12.8. The average molecular weight is 823 g/mol. The molecule has 0 unspecified atom stereocenters. The van der Waals surface area contributed by atoms with E-state index in [0.29, 0.717) is 0 Å². The van der Waals surface area contributed by atoms with Crippen molar-refractivity contribution in [2.24, 2.45) is 0 Å². The van der Waals surface area contributed by atoms with Gasteiger partial charge in [-0.3, -0.25) is 0 Å². The van der Waals surface area contributed by atoms with Gasteiger partial charge < -0.3 is 9.47 Å². The summed E-state index contributed by atoms with van der Waals surface area (Å²) in [4.78, 5) is 2.44. The van der Waals surface area contributed by atoms with Gasteiger partial charge in [0, 0.05) is 33.5 Å². The van der Waals surface area contributed by atoms with Gasteiger partial charge in [0.25, 0.3) is 0 Å². The van der Waals surface area contributed by atoms with Crippen LogP contribution in [0.2, 0.25) is 0 Å². The summed E-state index contributed by atoms with van der Waals surface area (Å²) in [7, 11) is 0. The van der Waals surface area contributed by atoms with Crippen molar-refractivity contribution in [2.75, 3.05) is 4.90 Å². The van der Waals surface area contributed by atoms with Crippen molar-refractivity contribution in [3.05, 3.63) is 253 Å². The molecule has 0 radical (unpaired) electrons. The molecule has 12 aromatic rings. The van der Waals surface area contributed by atoms with Gasteiger partial charge in [-0.15, -0.1) is 0 Å². The molecule has 0 fully saturated rings. The third kappa shape index (κ3) is 4.62. The summed E-state index contributed by atoms with van der Waals surface area (Å²) in [6, 6.07) is 86.2. The van der Waals surface area contributed by atoms with Gasteiger partial charge in [-0.1, -0.05) is 146 Å². The maximum atomic E-state index is 2.48. The molecule has 0 bridgehead atoms. The number of para-hydroxylation sites is 3. The van der Waals surface area contributed by atoms with Crippen LogP contribution < -0.4 is 4.90 Å². The van der Waals surface area contributed by atoms with Gasteiger partial charge in [-0.25, -0.2) is 0 Å². The van der Waals surface area contributed by atoms with Crippen molar-refractivity contribution < 1.29 is 0 Å². The Kier molecular flexibility index (Phi) is 6.91. The van der Waals surface area contributed by atoms with Crippen LogP contribution >= 0.6 is 0 Å². The highest BCUT2D eigenvalue weighted by Crippen LogP contribution is 2.63. The fraction of sp³-hybridized carbons (Fsp3) is 0.0159. The average Bonchev–Trinajstić information content (AvgIpc) is 3.97. The lowest BCUT2D eigenvalue weighted by atomic mass is 9.70. The first-order chi connectivity index (χ1) is 32.2. The van der Waals surface area contributed by atoms with Gasteiger partial charge in [0.15, 0.2) is 0 Å². The van der Waals surface area contributed by atoms with E-state index in [1.807, 2.05) is 0 Å². The number of hydrogen-bond acceptors (Lipinski definition) is 1. The normalized spacial score (nSPS) is 13.4. The fourth-order valence-corrected chi connectivity index (χ4v) is 12.1. The van der Waals surface area contributed by atoms with E-state index >= 15 is 0 Å². The highest BCUT2D eigenvalue weighted by Gasteiger charge is 2.51. The molecule has 0 N–H and O–H groups in total. The molecule has 1 spiro atoms. The van der Waals surface area contributed by atoms with E-state index in [1.54, 1.807) is 0 Å². The van der Waals surface area contributed by atoms with E-state index in [0.717, 1.165) is 17.1 Å². The lowest BCUT2D eigenvalue weighted by Gasteiger charge is -2.32. The summed E-state index contributed by atoms with van der Waals surface area (Å²) in [5.74, 6) is 0. The molecule has 65 heavy (non-hydrogen) atoms. The second-order valence-corrected chi connectivity index (χ2v) is 18.0. The summed E-state index contributed by atoms with van der Waals surface area (Å²) >= 11 is 0. The van der Waals surface area contributed by atoms with Crippen LogP contribution in [0.3, 0.4) is 0 Å². The van der Waals surface area contributed by atoms with Crippen molar-refractivity contribution >= 4 is 60.4 Å². The number of rotatable bonds is 4. The summed E-state index contributed by atoms with van der Waals surface area (Å²) in [5, 5.41) is 7.55. The van der Waals surface area contributed by atoms with Crippen LogP contribution in [0.25, 0.3) is 93.5 Å². The van der Waals surface area contributed by atoms with Crippen LogP contribution in [0, 0.1) is 0 Å². The van der Waals surface area contributed by atoms with Crippen molar-refractivity contribution in [3.8, 4) is 50.2 Å². The molecule has 0 aliphatic heterocycles. The largest absolute Gasteiger partial charge is 0.310 e. The molecule has 2 heteroatoms. The van der Waals surface area contributed by atoms with Crippen LogP contribution in [0.4, 0.5) is 17.1 Å². The van der Waals surface area contributed by atoms with Gasteiger partial charge in [-0.2, -0.15) is 0 Å². The molecule has 300 valence electrons. The molecule has 0 amide bonds. The molecule has 15 rings (SSSR count). The topological polar surface area (TPSA) is 8.17 Å². The molecule has 0 saturated heterocycles. The number of benzene rings is 11. The van der Waals surface area contributed by atoms with E-state index in [2.05, 4.69) is 240 Å². The Hall–Kier alpha value is -8.46. The number of fused-ring (bicyclic) bond motifs is 19. The Morgan fingerprint density at radius 2 is 0.723 bits per heavy atom. The van der Waals surface area contributed by atoms with Crippen molar-refractivity contribution in [1.29, 1.82) is 0 Å². The predicted octanol–water partition coefficient (Wildman–Crippen LogP) is 16.6. The smallest absolute Gasteiger partial charge is 0.0726 e. The lowest BCUT2D eigenvalue weighted by molar-refractivity contribution is 0.793. The van der Waals surface area contributed by atoms with Crippen LogP contribution in [-0.2, 0) is 5.41 Å². The standard InChI is InChI=1S/C63H38N2/c1-2-14-43(15-3-1)64(46-30-31-50-49-18-6-11-23-59(49)63(60(50)38-46)57-21-9-4-16-47(57)48-17-5-10-22-58(48)63)44-28-26-39-34-53-55(36-41(39)32-44)54-35-40-27-29-45(33-42(40)37-56(53)54)65-61-24-12-7-19-51(61)52-20-8-13-25-62(52)65/h1-38H. The SMILES string of the molecule is c1ccc(N(c2ccc3c(c2)C2(c4ccccc4-c4ccccc42)c2ccccc2-3)c2ccc3cc4c(cc3c2)-c2cc3ccc(-n5c6ccccc6c6ccccc65)cc3cc2-4)cc1. The van der Waals surface area contributed by atoms with E-state index < -0.39 is 5.41 Å². The van der Waals surface area contributed by atoms with E-state index in [4.69, 9.17) is 0 Å². The zero-order valence-electron chi connectivity index (χ0n) is 35.3. The molecular formula is C63H38N2. The first-order valence-electron chi connectivity index (χ1n) is 22.7. The summed E-state index contributed by atoms with van der Waals surface area (Å²) in [5.41, 5.74) is 22.6. The Balaban J connectivity index is 0.857. The van der Waals surface area contributed by atoms with Gasteiger partial charge >= 0.3 is 0 Å². The minimum absolute atomic E-state index is 0.409. The van der Waals surface area contributed by atoms with Crippen LogP contribution in [0.15, 0.2) is 231 Å². The zero-order valence-corrected chi connectivity index (χ0v) is 35.3. The number of hydrogen-bond donors (Lipinski definition) is 0. The minimum atomic E-state index is -0.409. The molecular weight excluding hydrogens is 785 g/mol. The second-order valence-electron chi connectivity index (χ2n) is 18.0. The lowest BCUT2D eigenvalue weighted by Crippen LogP contribution is -2.26. The first-order valence-corrected chi connectivity index (χ1v) is 22.7. The van der Waals surface area contributed by atoms with Crippen LogP contribution in [0.5, 0.6) is 0 Å². The van der Waals surface area contributed by atoms with Gasteiger partial charge in [-0.05, 0) is 173 Å². The highest BCUT2D eigenvalue weighted by atomic mass is 15.1. The van der Waals surface area contributed by atoms with Crippen molar-refractivity contribution in [3.63, 3.8) is 0 Å². The number of nitrogens with zero attached hydrogens (tertiary/aromatic N) is 2. The maximum absolute atomic E-state index is 2.48. The number of aromatic nitrogens is 1. The molecule has 1 heterocycles. The summed E-state index contributed by atoms with van der Waals surface area (Å²) < 4.78 is 2.41. The van der Waals surface area contributed by atoms with Crippen LogP contribution in [0.1, 0.15) is 22.3 Å². The van der Waals surface area contributed by atoms with E-state index in [9.17, 15) is 0 Å². The van der Waals surface area contributed by atoms with Crippen molar-refractivity contribution in [1.82, 2.24) is 4.57 Å². The molecule has 1 aromatic heterocycles. The predicted molar refractivity (Wildman–Crippen MR) is 271 cm³/mol. The van der Waals surface area contributed by atoms with E-state index in [-0.39, 0.29) is 0 Å². The summed E-state index contributed by atoms with van der Waals surface area (Å²) in [6.45, 7) is 0. The van der Waals surface area contributed by atoms with Gasteiger partial charge in [0.05, 0.1) is 16.4 Å². The van der Waals surface area contributed by atoms with Gasteiger partial charge in [0.2, 0.25) is 0 Å². The Morgan fingerprint density at radius 1 is 0.277 bits per heavy atom. The Morgan fingerprint density at radius 3 is 1.32 bits per heavy atom. The highest BCUT2D eigenvalue weighted by molar-refractivity contribution is 6.13. The molecule has 0 saturated carbocycles. The Bertz CT molecular complexity index is 3900. The molecule has 2 nitrogen and oxygen atoms in total. The maximum Gasteiger partial charge on any atom is 0.0726 e. The first kappa shape index (κ1) is 35.1. The monoisotopic (exact) mass is 822 g/mol. The summed E-state index contributed by atoms with van der Waals surface area (Å²) in [6.07, 6.45) is 0. The third-order valence-electron chi connectivity index (χ3n) is 14.9. The van der Waals surface area contributed by atoms with Crippen molar-refractivity contribution in [2.45, 2.75) is 5.41 Å². The third-order valence-corrected chi connectivity index (χ3v) is 14.9. The Labute approximate surface area is 376 Å². The fourth-order valence-electron chi connectivity index (χ4n) is 12.1. The van der Waals surface area contributed by atoms with Crippen LogP contribution in [-0.4, -0.2) is 4.57 Å². The minimum Gasteiger partial charge on any atom is -0.310 e. The molecule has 3 aliphatic carbocycles. The molecule has 3 aliphatic rings.